The van der Waals surface area contributed by atoms with Crippen LogP contribution in [-0.2, 0) is 4.79 Å². The van der Waals surface area contributed by atoms with Crippen LogP contribution in [0.25, 0.3) is 11.5 Å². The van der Waals surface area contributed by atoms with Gasteiger partial charge in [0.2, 0.25) is 11.8 Å². The maximum atomic E-state index is 11.9. The van der Waals surface area contributed by atoms with Crippen LogP contribution in [-0.4, -0.2) is 27.1 Å². The van der Waals surface area contributed by atoms with E-state index in [4.69, 9.17) is 4.42 Å². The molecule has 0 unspecified atom stereocenters. The van der Waals surface area contributed by atoms with Crippen molar-refractivity contribution in [2.24, 2.45) is 0 Å². The smallest absolute Gasteiger partial charge is 0.322 e. The molecule has 1 heterocycles. The second-order valence-electron chi connectivity index (χ2n) is 5.04. The number of hydrogen-bond acceptors (Lipinski definition) is 5. The molecule has 21 heavy (non-hydrogen) atoms. The van der Waals surface area contributed by atoms with E-state index in [1.165, 1.54) is 25.7 Å². The Bertz CT molecular complexity index is 594. The first kappa shape index (κ1) is 14.1. The van der Waals surface area contributed by atoms with Gasteiger partial charge in [0.1, 0.15) is 0 Å². The summed E-state index contributed by atoms with van der Waals surface area (Å²) >= 11 is 1.71. The van der Waals surface area contributed by atoms with E-state index >= 15 is 0 Å². The predicted octanol–water partition coefficient (Wildman–Crippen LogP) is 3.35. The fourth-order valence-corrected chi connectivity index (χ4v) is 3.50. The molecule has 1 aliphatic rings. The van der Waals surface area contributed by atoms with Crippen molar-refractivity contribution in [3.63, 3.8) is 0 Å². The van der Waals surface area contributed by atoms with Crippen LogP contribution in [0.2, 0.25) is 0 Å². The van der Waals surface area contributed by atoms with Gasteiger partial charge in [-0.3, -0.25) is 10.1 Å². The number of nitrogens with zero attached hydrogens (tertiary/aromatic N) is 2. The molecule has 0 saturated heterocycles. The van der Waals surface area contributed by atoms with E-state index < -0.39 is 0 Å². The van der Waals surface area contributed by atoms with Gasteiger partial charge in [-0.25, -0.2) is 0 Å². The zero-order chi connectivity index (χ0) is 14.5. The lowest BCUT2D eigenvalue weighted by molar-refractivity contribution is -0.113. The van der Waals surface area contributed by atoms with Crippen LogP contribution in [0.1, 0.15) is 25.7 Å². The van der Waals surface area contributed by atoms with E-state index in [0.29, 0.717) is 16.9 Å². The van der Waals surface area contributed by atoms with Crippen molar-refractivity contribution in [3.05, 3.63) is 30.3 Å². The van der Waals surface area contributed by atoms with Crippen LogP contribution < -0.4 is 5.32 Å². The topological polar surface area (TPSA) is 68.0 Å². The number of anilines is 1. The number of carbonyl (C=O) groups excluding carboxylic acids is 1. The number of amides is 1. The Morgan fingerprint density at radius 3 is 2.76 bits per heavy atom. The molecule has 0 aliphatic heterocycles. The van der Waals surface area contributed by atoms with Gasteiger partial charge in [-0.2, -0.15) is 0 Å². The van der Waals surface area contributed by atoms with E-state index in [1.807, 2.05) is 30.3 Å². The van der Waals surface area contributed by atoms with E-state index in [1.54, 1.807) is 11.8 Å². The van der Waals surface area contributed by atoms with E-state index in [-0.39, 0.29) is 11.9 Å². The van der Waals surface area contributed by atoms with Gasteiger partial charge in [-0.15, -0.1) is 16.9 Å². The number of rotatable bonds is 5. The average Bonchev–Trinajstić information content (AvgIpc) is 3.17. The summed E-state index contributed by atoms with van der Waals surface area (Å²) < 4.78 is 5.45. The zero-order valence-electron chi connectivity index (χ0n) is 11.6. The number of aromatic nitrogens is 2. The van der Waals surface area contributed by atoms with Crippen LogP contribution in [0.5, 0.6) is 0 Å². The molecule has 0 radical (unpaired) electrons. The summed E-state index contributed by atoms with van der Waals surface area (Å²) in [6.45, 7) is 0. The van der Waals surface area contributed by atoms with Crippen molar-refractivity contribution in [2.45, 2.75) is 30.9 Å². The molecule has 1 fully saturated rings. The average molecular weight is 303 g/mol. The van der Waals surface area contributed by atoms with Gasteiger partial charge in [0.25, 0.3) is 0 Å². The number of hydrogen-bond donors (Lipinski definition) is 1. The Morgan fingerprint density at radius 1 is 1.24 bits per heavy atom. The molecule has 5 nitrogen and oxygen atoms in total. The van der Waals surface area contributed by atoms with Crippen molar-refractivity contribution in [3.8, 4) is 11.5 Å². The summed E-state index contributed by atoms with van der Waals surface area (Å²) in [5, 5.41) is 11.1. The van der Waals surface area contributed by atoms with Gasteiger partial charge in [0.15, 0.2) is 0 Å². The molecular weight excluding hydrogens is 286 g/mol. The lowest BCUT2D eigenvalue weighted by Gasteiger charge is -2.07. The third-order valence-corrected chi connectivity index (χ3v) is 4.82. The normalized spacial score (nSPS) is 15.2. The highest BCUT2D eigenvalue weighted by Crippen LogP contribution is 2.29. The molecule has 1 amide bonds. The predicted molar refractivity (Wildman–Crippen MR) is 83.1 cm³/mol. The Balaban J connectivity index is 1.53. The summed E-state index contributed by atoms with van der Waals surface area (Å²) in [6, 6.07) is 9.64. The van der Waals surface area contributed by atoms with Gasteiger partial charge in [0.05, 0.1) is 5.75 Å². The van der Waals surface area contributed by atoms with Gasteiger partial charge in [0, 0.05) is 10.8 Å². The van der Waals surface area contributed by atoms with Crippen molar-refractivity contribution < 1.29 is 9.21 Å². The van der Waals surface area contributed by atoms with Gasteiger partial charge < -0.3 is 4.42 Å². The highest BCUT2D eigenvalue weighted by Gasteiger charge is 2.17. The Hall–Kier alpha value is -1.82. The first-order valence-corrected chi connectivity index (χ1v) is 8.16. The summed E-state index contributed by atoms with van der Waals surface area (Å²) in [5.41, 5.74) is 0.839. The molecule has 1 aromatic heterocycles. The molecule has 1 aliphatic carbocycles. The second-order valence-corrected chi connectivity index (χ2v) is 6.33. The highest BCUT2D eigenvalue weighted by molar-refractivity contribution is 8.00. The third kappa shape index (κ3) is 3.85. The third-order valence-electron chi connectivity index (χ3n) is 3.44. The number of benzene rings is 1. The Morgan fingerprint density at radius 2 is 2.00 bits per heavy atom. The largest absolute Gasteiger partial charge is 0.403 e. The van der Waals surface area contributed by atoms with Crippen LogP contribution in [0.15, 0.2) is 34.7 Å². The molecule has 110 valence electrons. The molecule has 3 rings (SSSR count). The maximum Gasteiger partial charge on any atom is 0.322 e. The minimum atomic E-state index is -0.0878. The number of thioether (sulfide) groups is 1. The fraction of sp³-hybridized carbons (Fsp3) is 0.400. The van der Waals surface area contributed by atoms with Crippen molar-refractivity contribution in [1.29, 1.82) is 0 Å². The quantitative estimate of drug-likeness (QED) is 0.917. The van der Waals surface area contributed by atoms with Gasteiger partial charge in [-0.05, 0) is 25.0 Å². The molecular formula is C15H17N3O2S. The van der Waals surface area contributed by atoms with Gasteiger partial charge in [-0.1, -0.05) is 36.1 Å². The number of nitrogens with one attached hydrogen (secondary N) is 1. The molecule has 6 heteroatoms. The van der Waals surface area contributed by atoms with E-state index in [0.717, 1.165) is 5.56 Å². The summed E-state index contributed by atoms with van der Waals surface area (Å²) in [4.78, 5) is 11.9. The molecule has 1 saturated carbocycles. The second kappa shape index (κ2) is 6.76. The Kier molecular flexibility index (Phi) is 4.55. The summed E-state index contributed by atoms with van der Waals surface area (Å²) in [6.07, 6.45) is 5.00. The zero-order valence-corrected chi connectivity index (χ0v) is 12.4. The van der Waals surface area contributed by atoms with Crippen LogP contribution in [0.4, 0.5) is 6.01 Å². The molecule has 2 aromatic rings. The van der Waals surface area contributed by atoms with Crippen molar-refractivity contribution in [2.75, 3.05) is 11.1 Å². The minimum absolute atomic E-state index is 0.0878. The summed E-state index contributed by atoms with van der Waals surface area (Å²) in [7, 11) is 0. The highest BCUT2D eigenvalue weighted by atomic mass is 32.2. The standard InChI is InChI=1S/C15H17N3O2S/c19-13(10-21-12-8-4-5-9-12)16-15-18-17-14(20-15)11-6-2-1-3-7-11/h1-3,6-7,12H,4-5,8-10H2,(H,16,18,19). The summed E-state index contributed by atoms with van der Waals surface area (Å²) in [5.74, 6) is 0.762. The van der Waals surface area contributed by atoms with Crippen LogP contribution in [0, 0.1) is 0 Å². The number of carbonyl (C=O) groups is 1. The molecule has 1 N–H and O–H groups in total. The lowest BCUT2D eigenvalue weighted by atomic mass is 10.2. The van der Waals surface area contributed by atoms with Crippen molar-refractivity contribution >= 4 is 23.7 Å². The van der Waals surface area contributed by atoms with Gasteiger partial charge >= 0.3 is 6.01 Å². The van der Waals surface area contributed by atoms with E-state index in [2.05, 4.69) is 15.5 Å². The minimum Gasteiger partial charge on any atom is -0.403 e. The maximum absolute atomic E-state index is 11.9. The van der Waals surface area contributed by atoms with Crippen LogP contribution >= 0.6 is 11.8 Å². The molecule has 0 spiro atoms. The molecule has 1 aromatic carbocycles. The van der Waals surface area contributed by atoms with Crippen molar-refractivity contribution in [1.82, 2.24) is 10.2 Å². The molecule has 0 atom stereocenters. The SMILES string of the molecule is O=C(CSC1CCCC1)Nc1nnc(-c2ccccc2)o1. The van der Waals surface area contributed by atoms with Crippen LogP contribution in [0.3, 0.4) is 0 Å². The lowest BCUT2D eigenvalue weighted by Crippen LogP contribution is -2.16. The monoisotopic (exact) mass is 303 g/mol. The first-order valence-electron chi connectivity index (χ1n) is 7.11. The molecule has 0 bridgehead atoms. The van der Waals surface area contributed by atoms with E-state index in [9.17, 15) is 4.79 Å². The Labute approximate surface area is 127 Å². The fourth-order valence-electron chi connectivity index (χ4n) is 2.38. The first-order chi connectivity index (χ1) is 10.3.